The molecule has 0 fully saturated rings. The Morgan fingerprint density at radius 2 is 1.65 bits per heavy atom. The van der Waals surface area contributed by atoms with Gasteiger partial charge in [-0.3, -0.25) is 4.79 Å². The van der Waals surface area contributed by atoms with Crippen LogP contribution in [0.2, 0.25) is 0 Å². The molecule has 0 aliphatic heterocycles. The summed E-state index contributed by atoms with van der Waals surface area (Å²) in [6, 6.07) is 9.92. The molecule has 4 nitrogen and oxygen atoms in total. The van der Waals surface area contributed by atoms with Crippen molar-refractivity contribution in [2.24, 2.45) is 0 Å². The summed E-state index contributed by atoms with van der Waals surface area (Å²) in [5.41, 5.74) is -0.755. The third kappa shape index (κ3) is 3.30. The summed E-state index contributed by atoms with van der Waals surface area (Å²) in [5.74, 6) is -1.58. The topological polar surface area (TPSA) is 64.3 Å². The molecule has 0 radical (unpaired) electrons. The fourth-order valence-corrected chi connectivity index (χ4v) is 3.61. The van der Waals surface area contributed by atoms with Crippen molar-refractivity contribution in [1.82, 2.24) is 0 Å². The standard InChI is InChI=1S/C19H14F2O4S/c1-11-9-16(22)18(13-8-7-12(20)10-15(13)21)19(25-11)14-5-3-4-6-17(14)26(2,23)24/h3-10H,1-2H3. The van der Waals surface area contributed by atoms with Crippen LogP contribution in [0.25, 0.3) is 22.5 Å². The molecule has 1 heterocycles. The maximum Gasteiger partial charge on any atom is 0.193 e. The Morgan fingerprint density at radius 1 is 0.962 bits per heavy atom. The highest BCUT2D eigenvalue weighted by atomic mass is 32.2. The SMILES string of the molecule is Cc1cc(=O)c(-c2ccc(F)cc2F)c(-c2ccccc2S(C)(=O)=O)o1. The summed E-state index contributed by atoms with van der Waals surface area (Å²) in [7, 11) is -3.64. The van der Waals surface area contributed by atoms with E-state index in [1.54, 1.807) is 6.07 Å². The maximum atomic E-state index is 14.3. The van der Waals surface area contributed by atoms with E-state index in [1.165, 1.54) is 31.2 Å². The molecular weight excluding hydrogens is 362 g/mol. The van der Waals surface area contributed by atoms with E-state index in [4.69, 9.17) is 4.42 Å². The number of hydrogen-bond donors (Lipinski definition) is 0. The van der Waals surface area contributed by atoms with Gasteiger partial charge in [-0.25, -0.2) is 17.2 Å². The van der Waals surface area contributed by atoms with E-state index in [1.807, 2.05) is 0 Å². The number of halogens is 2. The van der Waals surface area contributed by atoms with Gasteiger partial charge in [-0.1, -0.05) is 12.1 Å². The fraction of sp³-hybridized carbons (Fsp3) is 0.105. The van der Waals surface area contributed by atoms with Crippen LogP contribution in [0.1, 0.15) is 5.76 Å². The lowest BCUT2D eigenvalue weighted by molar-refractivity contribution is 0.528. The molecule has 0 atom stereocenters. The zero-order valence-electron chi connectivity index (χ0n) is 13.9. The lowest BCUT2D eigenvalue weighted by atomic mass is 9.99. The molecule has 2 aromatic carbocycles. The third-order valence-corrected chi connectivity index (χ3v) is 4.96. The van der Waals surface area contributed by atoms with E-state index in [0.717, 1.165) is 18.4 Å². The minimum Gasteiger partial charge on any atom is -0.460 e. The first-order valence-corrected chi connectivity index (χ1v) is 9.47. The van der Waals surface area contributed by atoms with Gasteiger partial charge in [0.15, 0.2) is 15.3 Å². The second-order valence-corrected chi connectivity index (χ2v) is 7.80. The smallest absolute Gasteiger partial charge is 0.193 e. The molecule has 0 bridgehead atoms. The van der Waals surface area contributed by atoms with E-state index in [2.05, 4.69) is 0 Å². The number of benzene rings is 2. The minimum absolute atomic E-state index is 0.0579. The first kappa shape index (κ1) is 18.0. The molecule has 3 rings (SSSR count). The first-order chi connectivity index (χ1) is 12.2. The molecule has 3 aromatic rings. The predicted molar refractivity (Wildman–Crippen MR) is 93.6 cm³/mol. The van der Waals surface area contributed by atoms with Gasteiger partial charge in [0.05, 0.1) is 10.5 Å². The monoisotopic (exact) mass is 376 g/mol. The van der Waals surface area contributed by atoms with Crippen LogP contribution < -0.4 is 5.43 Å². The van der Waals surface area contributed by atoms with Crippen molar-refractivity contribution in [1.29, 1.82) is 0 Å². The van der Waals surface area contributed by atoms with Gasteiger partial charge in [-0.05, 0) is 31.2 Å². The highest BCUT2D eigenvalue weighted by Gasteiger charge is 2.23. The fourth-order valence-electron chi connectivity index (χ4n) is 2.72. The minimum atomic E-state index is -3.64. The molecule has 0 unspecified atom stereocenters. The number of sulfone groups is 1. The van der Waals surface area contributed by atoms with Crippen LogP contribution >= 0.6 is 0 Å². The Hall–Kier alpha value is -2.80. The Bertz CT molecular complexity index is 1160. The first-order valence-electron chi connectivity index (χ1n) is 7.58. The molecule has 0 aliphatic rings. The zero-order chi connectivity index (χ0) is 19.1. The summed E-state index contributed by atoms with van der Waals surface area (Å²) in [5, 5.41) is 0. The third-order valence-electron chi connectivity index (χ3n) is 3.80. The Morgan fingerprint density at radius 3 is 2.31 bits per heavy atom. The lowest BCUT2D eigenvalue weighted by Gasteiger charge is -2.13. The van der Waals surface area contributed by atoms with Gasteiger partial charge < -0.3 is 4.42 Å². The van der Waals surface area contributed by atoms with Crippen molar-refractivity contribution in [3.05, 3.63) is 76.1 Å². The summed E-state index contributed by atoms with van der Waals surface area (Å²) < 4.78 is 57.4. The van der Waals surface area contributed by atoms with Crippen molar-refractivity contribution >= 4 is 9.84 Å². The number of hydrogen-bond acceptors (Lipinski definition) is 4. The highest BCUT2D eigenvalue weighted by Crippen LogP contribution is 2.35. The van der Waals surface area contributed by atoms with Crippen molar-refractivity contribution in [3.63, 3.8) is 0 Å². The Balaban J connectivity index is 2.43. The molecule has 26 heavy (non-hydrogen) atoms. The van der Waals surface area contributed by atoms with Crippen LogP contribution in [0.4, 0.5) is 8.78 Å². The number of aryl methyl sites for hydroxylation is 1. The van der Waals surface area contributed by atoms with E-state index in [9.17, 15) is 22.0 Å². The Kier molecular flexibility index (Phi) is 4.50. The second kappa shape index (κ2) is 6.49. The molecule has 134 valence electrons. The van der Waals surface area contributed by atoms with Gasteiger partial charge in [-0.15, -0.1) is 0 Å². The maximum absolute atomic E-state index is 14.3. The van der Waals surface area contributed by atoms with Gasteiger partial charge in [0.25, 0.3) is 0 Å². The Labute approximate surface area is 148 Å². The summed E-state index contributed by atoms with van der Waals surface area (Å²) in [6.07, 6.45) is 1.03. The van der Waals surface area contributed by atoms with Gasteiger partial charge in [-0.2, -0.15) is 0 Å². The summed E-state index contributed by atoms with van der Waals surface area (Å²) >= 11 is 0. The van der Waals surface area contributed by atoms with Crippen molar-refractivity contribution in [2.75, 3.05) is 6.26 Å². The molecule has 0 aliphatic carbocycles. The molecule has 0 amide bonds. The van der Waals surface area contributed by atoms with Crippen LogP contribution in [-0.4, -0.2) is 14.7 Å². The molecule has 0 saturated carbocycles. The van der Waals surface area contributed by atoms with Gasteiger partial charge >= 0.3 is 0 Å². The van der Waals surface area contributed by atoms with E-state index >= 15 is 0 Å². The second-order valence-electron chi connectivity index (χ2n) is 5.82. The molecular formula is C19H14F2O4S. The predicted octanol–water partition coefficient (Wildman–Crippen LogP) is 3.96. The summed E-state index contributed by atoms with van der Waals surface area (Å²) in [4.78, 5) is 12.5. The zero-order valence-corrected chi connectivity index (χ0v) is 14.7. The van der Waals surface area contributed by atoms with Crippen LogP contribution in [0.15, 0.2) is 62.6 Å². The molecule has 0 N–H and O–H groups in total. The van der Waals surface area contributed by atoms with Crippen molar-refractivity contribution < 1.29 is 21.6 Å². The van der Waals surface area contributed by atoms with E-state index in [-0.39, 0.29) is 33.1 Å². The normalized spacial score (nSPS) is 11.5. The average Bonchev–Trinajstić information content (AvgIpc) is 2.54. The lowest BCUT2D eigenvalue weighted by Crippen LogP contribution is -2.09. The van der Waals surface area contributed by atoms with Gasteiger partial charge in [0.2, 0.25) is 0 Å². The summed E-state index contributed by atoms with van der Waals surface area (Å²) in [6.45, 7) is 1.53. The molecule has 7 heteroatoms. The quantitative estimate of drug-likeness (QED) is 0.694. The highest BCUT2D eigenvalue weighted by molar-refractivity contribution is 7.90. The van der Waals surface area contributed by atoms with Crippen molar-refractivity contribution in [3.8, 4) is 22.5 Å². The molecule has 0 saturated heterocycles. The van der Waals surface area contributed by atoms with Gasteiger partial charge in [0.1, 0.15) is 23.2 Å². The molecule has 0 spiro atoms. The van der Waals surface area contributed by atoms with E-state index in [0.29, 0.717) is 6.07 Å². The van der Waals surface area contributed by atoms with Gasteiger partial charge in [0, 0.05) is 29.5 Å². The average molecular weight is 376 g/mol. The van der Waals surface area contributed by atoms with Crippen LogP contribution in [0.3, 0.4) is 0 Å². The largest absolute Gasteiger partial charge is 0.460 e. The van der Waals surface area contributed by atoms with E-state index < -0.39 is 26.9 Å². The number of rotatable bonds is 3. The van der Waals surface area contributed by atoms with Crippen molar-refractivity contribution in [2.45, 2.75) is 11.8 Å². The van der Waals surface area contributed by atoms with Crippen LogP contribution in [-0.2, 0) is 9.84 Å². The van der Waals surface area contributed by atoms with Crippen LogP contribution in [0, 0.1) is 18.6 Å². The molecule has 1 aromatic heterocycles. The van der Waals surface area contributed by atoms with Crippen LogP contribution in [0.5, 0.6) is 0 Å².